The first-order valence-corrected chi connectivity index (χ1v) is 3.96. The van der Waals surface area contributed by atoms with Gasteiger partial charge in [0.2, 0.25) is 0 Å². The van der Waals surface area contributed by atoms with Crippen LogP contribution in [0.5, 0.6) is 0 Å². The van der Waals surface area contributed by atoms with Crippen molar-refractivity contribution in [2.75, 3.05) is 5.73 Å². The Labute approximate surface area is 76.3 Å². The lowest BCUT2D eigenvalue weighted by Crippen LogP contribution is -1.98. The molecule has 1 aromatic carbocycles. The third-order valence-corrected chi connectivity index (χ3v) is 2.05. The summed E-state index contributed by atoms with van der Waals surface area (Å²) < 4.78 is 0. The van der Waals surface area contributed by atoms with Crippen molar-refractivity contribution in [3.63, 3.8) is 0 Å². The molecule has 0 aromatic heterocycles. The molecule has 0 unspecified atom stereocenters. The van der Waals surface area contributed by atoms with Gasteiger partial charge in [0, 0.05) is 5.56 Å². The highest BCUT2D eigenvalue weighted by Crippen LogP contribution is 2.23. The van der Waals surface area contributed by atoms with Crippen molar-refractivity contribution in [1.82, 2.24) is 0 Å². The summed E-state index contributed by atoms with van der Waals surface area (Å²) in [5.74, 6) is 0.00870. The zero-order valence-electron chi connectivity index (χ0n) is 7.02. The Morgan fingerprint density at radius 2 is 2.08 bits per heavy atom. The van der Waals surface area contributed by atoms with Crippen LogP contribution >= 0.6 is 11.6 Å². The lowest BCUT2D eigenvalue weighted by molar-refractivity contribution is 0.101. The molecular formula is C9H10ClNO. The van der Waals surface area contributed by atoms with E-state index in [-0.39, 0.29) is 5.78 Å². The minimum atomic E-state index is 0.00870. The van der Waals surface area contributed by atoms with Crippen LogP contribution < -0.4 is 5.73 Å². The van der Waals surface area contributed by atoms with E-state index in [0.29, 0.717) is 16.3 Å². The van der Waals surface area contributed by atoms with Crippen LogP contribution in [-0.2, 0) is 0 Å². The van der Waals surface area contributed by atoms with E-state index < -0.39 is 0 Å². The zero-order valence-corrected chi connectivity index (χ0v) is 7.77. The van der Waals surface area contributed by atoms with Gasteiger partial charge in [-0.2, -0.15) is 0 Å². The molecular weight excluding hydrogens is 174 g/mol. The van der Waals surface area contributed by atoms with Gasteiger partial charge in [-0.05, 0) is 31.5 Å². The van der Waals surface area contributed by atoms with Crippen LogP contribution in [0, 0.1) is 6.92 Å². The number of aryl methyl sites for hydroxylation is 1. The third kappa shape index (κ3) is 1.59. The highest BCUT2D eigenvalue weighted by Gasteiger charge is 2.06. The fraction of sp³-hybridized carbons (Fsp3) is 0.222. The van der Waals surface area contributed by atoms with E-state index in [1.807, 2.05) is 6.92 Å². The highest BCUT2D eigenvalue weighted by atomic mass is 35.5. The molecule has 3 heteroatoms. The van der Waals surface area contributed by atoms with E-state index in [9.17, 15) is 4.79 Å². The van der Waals surface area contributed by atoms with Gasteiger partial charge in [-0.1, -0.05) is 11.6 Å². The van der Waals surface area contributed by atoms with E-state index in [4.69, 9.17) is 17.3 Å². The smallest absolute Gasteiger partial charge is 0.160 e. The minimum absolute atomic E-state index is 0.00870. The highest BCUT2D eigenvalue weighted by molar-refractivity contribution is 6.33. The molecule has 0 saturated heterocycles. The van der Waals surface area contributed by atoms with E-state index in [1.165, 1.54) is 6.92 Å². The lowest BCUT2D eigenvalue weighted by atomic mass is 10.1. The summed E-state index contributed by atoms with van der Waals surface area (Å²) in [6.45, 7) is 3.35. The number of anilines is 1. The van der Waals surface area contributed by atoms with Gasteiger partial charge in [0.25, 0.3) is 0 Å². The molecule has 2 N–H and O–H groups in total. The topological polar surface area (TPSA) is 43.1 Å². The number of rotatable bonds is 1. The first-order valence-electron chi connectivity index (χ1n) is 3.59. The molecule has 0 radical (unpaired) electrons. The summed E-state index contributed by atoms with van der Waals surface area (Å²) in [5.41, 5.74) is 7.56. The summed E-state index contributed by atoms with van der Waals surface area (Å²) in [6, 6.07) is 3.31. The summed E-state index contributed by atoms with van der Waals surface area (Å²) in [7, 11) is 0. The van der Waals surface area contributed by atoms with E-state index in [0.717, 1.165) is 5.56 Å². The second-order valence-corrected chi connectivity index (χ2v) is 3.15. The van der Waals surface area contributed by atoms with Crippen molar-refractivity contribution in [2.45, 2.75) is 13.8 Å². The molecule has 0 aliphatic heterocycles. The Bertz CT molecular complexity index is 334. The average Bonchev–Trinajstić information content (AvgIpc) is 1.96. The maximum absolute atomic E-state index is 11.0. The normalized spacial score (nSPS) is 9.92. The van der Waals surface area contributed by atoms with E-state index in [1.54, 1.807) is 12.1 Å². The van der Waals surface area contributed by atoms with Crippen LogP contribution in [0.15, 0.2) is 12.1 Å². The molecule has 0 heterocycles. The third-order valence-electron chi connectivity index (χ3n) is 1.72. The minimum Gasteiger partial charge on any atom is -0.398 e. The van der Waals surface area contributed by atoms with Crippen molar-refractivity contribution in [3.8, 4) is 0 Å². The van der Waals surface area contributed by atoms with E-state index in [2.05, 4.69) is 0 Å². The standard InChI is InChI=1S/C9H10ClNO/c1-5-3-9(11)8(10)4-7(5)6(2)12/h3-4H,11H2,1-2H3. The Hall–Kier alpha value is -1.02. The summed E-state index contributed by atoms with van der Waals surface area (Å²) in [5, 5.41) is 0.436. The molecule has 1 aromatic rings. The molecule has 0 saturated carbocycles. The van der Waals surface area contributed by atoms with Gasteiger partial charge in [0.1, 0.15) is 0 Å². The number of hydrogen-bond donors (Lipinski definition) is 1. The predicted octanol–water partition coefficient (Wildman–Crippen LogP) is 2.43. The van der Waals surface area contributed by atoms with Gasteiger partial charge in [-0.3, -0.25) is 4.79 Å². The van der Waals surface area contributed by atoms with Gasteiger partial charge in [0.15, 0.2) is 5.78 Å². The SMILES string of the molecule is CC(=O)c1cc(Cl)c(N)cc1C. The van der Waals surface area contributed by atoms with Gasteiger partial charge >= 0.3 is 0 Å². The number of benzene rings is 1. The predicted molar refractivity (Wildman–Crippen MR) is 50.6 cm³/mol. The van der Waals surface area contributed by atoms with Gasteiger partial charge in [-0.25, -0.2) is 0 Å². The molecule has 1 rings (SSSR count). The van der Waals surface area contributed by atoms with Crippen LogP contribution in [0.1, 0.15) is 22.8 Å². The summed E-state index contributed by atoms with van der Waals surface area (Å²) in [6.07, 6.45) is 0. The monoisotopic (exact) mass is 183 g/mol. The van der Waals surface area contributed by atoms with Crippen LogP contribution in [0.2, 0.25) is 5.02 Å². The summed E-state index contributed by atoms with van der Waals surface area (Å²) in [4.78, 5) is 11.0. The molecule has 0 aliphatic rings. The number of halogens is 1. The molecule has 0 bridgehead atoms. The lowest BCUT2D eigenvalue weighted by Gasteiger charge is -2.04. The van der Waals surface area contributed by atoms with Crippen LogP contribution in [0.3, 0.4) is 0 Å². The molecule has 0 fully saturated rings. The molecule has 64 valence electrons. The van der Waals surface area contributed by atoms with Crippen LogP contribution in [0.4, 0.5) is 5.69 Å². The fourth-order valence-electron chi connectivity index (χ4n) is 1.08. The van der Waals surface area contributed by atoms with E-state index >= 15 is 0 Å². The average molecular weight is 184 g/mol. The van der Waals surface area contributed by atoms with Crippen molar-refractivity contribution in [3.05, 3.63) is 28.3 Å². The first-order chi connectivity index (χ1) is 5.52. The number of carbonyl (C=O) groups is 1. The first kappa shape index (κ1) is 9.07. The number of Topliss-reactive ketones (excluding diaryl/α,β-unsaturated/α-hetero) is 1. The second-order valence-electron chi connectivity index (χ2n) is 2.74. The van der Waals surface area contributed by atoms with Crippen molar-refractivity contribution >= 4 is 23.1 Å². The summed E-state index contributed by atoms with van der Waals surface area (Å²) >= 11 is 5.75. The Kier molecular flexibility index (Phi) is 2.38. The number of carbonyl (C=O) groups excluding carboxylic acids is 1. The number of nitrogen functional groups attached to an aromatic ring is 1. The maximum atomic E-state index is 11.0. The van der Waals surface area contributed by atoms with Gasteiger partial charge in [0.05, 0.1) is 10.7 Å². The van der Waals surface area contributed by atoms with Crippen LogP contribution in [0.25, 0.3) is 0 Å². The quantitative estimate of drug-likeness (QED) is 0.537. The van der Waals surface area contributed by atoms with Gasteiger partial charge in [-0.15, -0.1) is 0 Å². The van der Waals surface area contributed by atoms with Crippen molar-refractivity contribution in [2.24, 2.45) is 0 Å². The Morgan fingerprint density at radius 3 is 2.58 bits per heavy atom. The molecule has 0 aliphatic carbocycles. The number of nitrogens with two attached hydrogens (primary N) is 1. The second kappa shape index (κ2) is 3.15. The zero-order chi connectivity index (χ0) is 9.30. The van der Waals surface area contributed by atoms with Crippen molar-refractivity contribution < 1.29 is 4.79 Å². The molecule has 0 atom stereocenters. The molecule has 0 spiro atoms. The van der Waals surface area contributed by atoms with Crippen LogP contribution in [-0.4, -0.2) is 5.78 Å². The maximum Gasteiger partial charge on any atom is 0.160 e. The number of ketones is 1. The Morgan fingerprint density at radius 1 is 1.50 bits per heavy atom. The Balaban J connectivity index is 3.33. The molecule has 12 heavy (non-hydrogen) atoms. The largest absolute Gasteiger partial charge is 0.398 e. The number of hydrogen-bond acceptors (Lipinski definition) is 2. The fourth-order valence-corrected chi connectivity index (χ4v) is 1.25. The van der Waals surface area contributed by atoms with Gasteiger partial charge < -0.3 is 5.73 Å². The molecule has 2 nitrogen and oxygen atoms in total. The van der Waals surface area contributed by atoms with Crippen molar-refractivity contribution in [1.29, 1.82) is 0 Å². The molecule has 0 amide bonds.